The summed E-state index contributed by atoms with van der Waals surface area (Å²) in [4.78, 5) is 38.7. The van der Waals surface area contributed by atoms with Gasteiger partial charge in [0.1, 0.15) is 0 Å². The Morgan fingerprint density at radius 3 is 2.58 bits per heavy atom. The van der Waals surface area contributed by atoms with E-state index in [2.05, 4.69) is 26.1 Å². The normalized spacial score (nSPS) is 11.1. The van der Waals surface area contributed by atoms with Crippen LogP contribution in [0.2, 0.25) is 0 Å². The number of nitrogens with one attached hydrogen (secondary N) is 3. The van der Waals surface area contributed by atoms with Crippen LogP contribution < -0.4 is 16.1 Å². The van der Waals surface area contributed by atoms with E-state index < -0.39 is 11.8 Å². The van der Waals surface area contributed by atoms with Crippen LogP contribution >= 0.6 is 0 Å². The van der Waals surface area contributed by atoms with Crippen molar-refractivity contribution in [3.05, 3.63) is 30.1 Å². The average molecular weight is 333 g/mol. The lowest BCUT2D eigenvalue weighted by molar-refractivity contribution is -0.139. The Morgan fingerprint density at radius 1 is 1.21 bits per heavy atom. The number of hydrogen-bond donors (Lipinski definition) is 3. The monoisotopic (exact) mass is 333 g/mol. The molecule has 8 heteroatoms. The second-order valence-electron chi connectivity index (χ2n) is 5.71. The van der Waals surface area contributed by atoms with E-state index in [4.69, 9.17) is 0 Å². The highest BCUT2D eigenvalue weighted by Gasteiger charge is 2.13. The van der Waals surface area contributed by atoms with Gasteiger partial charge in [-0.15, -0.1) is 0 Å². The van der Waals surface area contributed by atoms with Gasteiger partial charge in [-0.2, -0.15) is 5.10 Å². The number of aromatic nitrogens is 1. The summed E-state index contributed by atoms with van der Waals surface area (Å²) in [5, 5.41) is 8.95. The summed E-state index contributed by atoms with van der Waals surface area (Å²) in [6.45, 7) is 6.21. The van der Waals surface area contributed by atoms with Crippen LogP contribution in [0.25, 0.3) is 0 Å². The quantitative estimate of drug-likeness (QED) is 0.380. The van der Waals surface area contributed by atoms with Crippen molar-refractivity contribution in [3.8, 4) is 0 Å². The first-order valence-corrected chi connectivity index (χ1v) is 7.65. The first-order valence-electron chi connectivity index (χ1n) is 7.65. The van der Waals surface area contributed by atoms with Gasteiger partial charge in [0.25, 0.3) is 0 Å². The van der Waals surface area contributed by atoms with Gasteiger partial charge in [-0.3, -0.25) is 19.4 Å². The zero-order valence-electron chi connectivity index (χ0n) is 14.1. The summed E-state index contributed by atoms with van der Waals surface area (Å²) < 4.78 is 0. The molecule has 0 aliphatic heterocycles. The molecule has 0 unspecified atom stereocenters. The van der Waals surface area contributed by atoms with Crippen LogP contribution in [0.4, 0.5) is 0 Å². The zero-order chi connectivity index (χ0) is 17.9. The van der Waals surface area contributed by atoms with Crippen molar-refractivity contribution >= 4 is 23.4 Å². The second-order valence-corrected chi connectivity index (χ2v) is 5.71. The van der Waals surface area contributed by atoms with E-state index in [1.54, 1.807) is 25.4 Å². The topological polar surface area (TPSA) is 113 Å². The first-order chi connectivity index (χ1) is 11.4. The molecule has 0 fully saturated rings. The van der Waals surface area contributed by atoms with Gasteiger partial charge in [0.15, 0.2) is 0 Å². The minimum Gasteiger partial charge on any atom is -0.352 e. The third-order valence-electron chi connectivity index (χ3n) is 2.85. The van der Waals surface area contributed by atoms with Crippen molar-refractivity contribution in [2.24, 2.45) is 11.0 Å². The highest BCUT2D eigenvalue weighted by Crippen LogP contribution is 1.95. The Labute approximate surface area is 141 Å². The van der Waals surface area contributed by atoms with Gasteiger partial charge in [-0.1, -0.05) is 19.9 Å². The minimum atomic E-state index is -0.856. The molecule has 1 aromatic rings. The fourth-order valence-electron chi connectivity index (χ4n) is 1.61. The third-order valence-corrected chi connectivity index (χ3v) is 2.85. The van der Waals surface area contributed by atoms with Crippen LogP contribution in [-0.4, -0.2) is 35.0 Å². The van der Waals surface area contributed by atoms with E-state index in [0.717, 1.165) is 5.56 Å². The number of nitrogens with zero attached hydrogens (tertiary/aromatic N) is 2. The number of pyridine rings is 1. The lowest BCUT2D eigenvalue weighted by Gasteiger charge is -2.07. The molecule has 24 heavy (non-hydrogen) atoms. The summed E-state index contributed by atoms with van der Waals surface area (Å²) in [6.07, 6.45) is 3.34. The molecule has 1 heterocycles. The molecule has 130 valence electrons. The Bertz CT molecular complexity index is 599. The van der Waals surface area contributed by atoms with Crippen molar-refractivity contribution < 1.29 is 14.4 Å². The molecule has 0 aromatic carbocycles. The van der Waals surface area contributed by atoms with E-state index in [1.165, 1.54) is 0 Å². The lowest BCUT2D eigenvalue weighted by atomic mass is 10.2. The number of carbonyl (C=O) groups is 3. The van der Waals surface area contributed by atoms with Crippen LogP contribution in [0.1, 0.15) is 32.8 Å². The molecule has 0 saturated carbocycles. The van der Waals surface area contributed by atoms with Gasteiger partial charge in [0.2, 0.25) is 5.91 Å². The predicted molar refractivity (Wildman–Crippen MR) is 89.8 cm³/mol. The maximum absolute atomic E-state index is 11.8. The van der Waals surface area contributed by atoms with Crippen molar-refractivity contribution in [3.63, 3.8) is 0 Å². The molecule has 0 bridgehead atoms. The summed E-state index contributed by atoms with van der Waals surface area (Å²) in [7, 11) is 0. The fraction of sp³-hybridized carbons (Fsp3) is 0.438. The molecule has 0 spiro atoms. The highest BCUT2D eigenvalue weighted by atomic mass is 16.2. The third kappa shape index (κ3) is 8.02. The van der Waals surface area contributed by atoms with E-state index in [1.807, 2.05) is 19.9 Å². The Hall–Kier alpha value is -2.77. The van der Waals surface area contributed by atoms with Crippen LogP contribution in [0.3, 0.4) is 0 Å². The van der Waals surface area contributed by atoms with Crippen molar-refractivity contribution in [2.45, 2.75) is 33.7 Å². The van der Waals surface area contributed by atoms with Crippen molar-refractivity contribution in [2.75, 3.05) is 6.54 Å². The maximum Gasteiger partial charge on any atom is 0.329 e. The molecule has 0 aliphatic rings. The van der Waals surface area contributed by atoms with Gasteiger partial charge in [0.05, 0.1) is 6.42 Å². The molecule has 0 atom stereocenters. The second kappa shape index (κ2) is 10.1. The molecule has 0 aliphatic carbocycles. The molecular formula is C16H23N5O3. The van der Waals surface area contributed by atoms with Crippen LogP contribution in [0.15, 0.2) is 29.6 Å². The molecule has 8 nitrogen and oxygen atoms in total. The van der Waals surface area contributed by atoms with Crippen molar-refractivity contribution in [1.29, 1.82) is 0 Å². The van der Waals surface area contributed by atoms with Gasteiger partial charge >= 0.3 is 11.8 Å². The molecule has 3 amide bonds. The Kier molecular flexibility index (Phi) is 8.10. The van der Waals surface area contributed by atoms with E-state index in [-0.39, 0.29) is 18.2 Å². The Balaban J connectivity index is 2.33. The summed E-state index contributed by atoms with van der Waals surface area (Å²) >= 11 is 0. The summed E-state index contributed by atoms with van der Waals surface area (Å²) in [5.74, 6) is -1.60. The highest BCUT2D eigenvalue weighted by molar-refractivity contribution is 6.35. The van der Waals surface area contributed by atoms with Gasteiger partial charge in [-0.05, 0) is 24.5 Å². The molecular weight excluding hydrogens is 310 g/mol. The number of amides is 3. The minimum absolute atomic E-state index is 0.0220. The van der Waals surface area contributed by atoms with Gasteiger partial charge in [-0.25, -0.2) is 5.43 Å². The van der Waals surface area contributed by atoms with Crippen LogP contribution in [0, 0.1) is 5.92 Å². The molecule has 0 radical (unpaired) electrons. The van der Waals surface area contributed by atoms with E-state index >= 15 is 0 Å². The van der Waals surface area contributed by atoms with E-state index in [9.17, 15) is 14.4 Å². The number of rotatable bonds is 7. The molecule has 3 N–H and O–H groups in total. The first kappa shape index (κ1) is 19.3. The number of hydrazone groups is 1. The number of carbonyl (C=O) groups excluding carboxylic acids is 3. The SMILES string of the molecule is C/C(CC(=O)NCc1cccnc1)=N/NC(=O)C(=O)NCC(C)C. The lowest BCUT2D eigenvalue weighted by Crippen LogP contribution is -2.39. The van der Waals surface area contributed by atoms with Gasteiger partial charge in [0, 0.05) is 31.2 Å². The Morgan fingerprint density at radius 2 is 1.96 bits per heavy atom. The smallest absolute Gasteiger partial charge is 0.329 e. The molecule has 0 saturated heterocycles. The predicted octanol–water partition coefficient (Wildman–Crippen LogP) is 0.352. The van der Waals surface area contributed by atoms with Crippen LogP contribution in [-0.2, 0) is 20.9 Å². The maximum atomic E-state index is 11.8. The largest absolute Gasteiger partial charge is 0.352 e. The van der Waals surface area contributed by atoms with Crippen molar-refractivity contribution in [1.82, 2.24) is 21.0 Å². The molecule has 1 rings (SSSR count). The fourth-order valence-corrected chi connectivity index (χ4v) is 1.61. The number of hydrogen-bond acceptors (Lipinski definition) is 5. The van der Waals surface area contributed by atoms with Crippen LogP contribution in [0.5, 0.6) is 0 Å². The average Bonchev–Trinajstić information content (AvgIpc) is 2.56. The zero-order valence-corrected chi connectivity index (χ0v) is 14.1. The summed E-state index contributed by atoms with van der Waals surface area (Å²) in [5.41, 5.74) is 3.41. The standard InChI is InChI=1S/C16H23N5O3/c1-11(2)8-19-15(23)16(24)21-20-12(3)7-14(22)18-10-13-5-4-6-17-9-13/h4-6,9,11H,7-8,10H2,1-3H3,(H,18,22)(H,19,23)(H,21,24)/b20-12-. The van der Waals surface area contributed by atoms with E-state index in [0.29, 0.717) is 18.8 Å². The molecule has 1 aromatic heterocycles. The summed E-state index contributed by atoms with van der Waals surface area (Å²) in [6, 6.07) is 3.64. The van der Waals surface area contributed by atoms with Gasteiger partial charge < -0.3 is 10.6 Å².